The quantitative estimate of drug-likeness (QED) is 0.235. The van der Waals surface area contributed by atoms with Crippen molar-refractivity contribution in [2.45, 2.75) is 30.7 Å². The van der Waals surface area contributed by atoms with Crippen molar-refractivity contribution in [1.82, 2.24) is 0 Å². The molecular formula is C23H26O14. The largest absolute Gasteiger partial charge is 0.504 e. The fourth-order valence-corrected chi connectivity index (χ4v) is 3.53. The zero-order chi connectivity index (χ0) is 27.4. The van der Waals surface area contributed by atoms with E-state index in [1.54, 1.807) is 0 Å². The maximum atomic E-state index is 12.6. The molecular weight excluding hydrogens is 500 g/mol. The van der Waals surface area contributed by atoms with E-state index in [0.29, 0.717) is 0 Å². The van der Waals surface area contributed by atoms with E-state index in [4.69, 9.17) is 33.5 Å². The van der Waals surface area contributed by atoms with Crippen molar-refractivity contribution in [3.63, 3.8) is 0 Å². The Bertz CT molecular complexity index is 1150. The van der Waals surface area contributed by atoms with Gasteiger partial charge in [-0.3, -0.25) is 0 Å². The zero-order valence-corrected chi connectivity index (χ0v) is 19.9. The number of hydrogen-bond donors (Lipinski definition) is 6. The van der Waals surface area contributed by atoms with E-state index in [1.165, 1.54) is 32.4 Å². The van der Waals surface area contributed by atoms with Gasteiger partial charge in [-0.1, -0.05) is 0 Å². The van der Waals surface area contributed by atoms with Gasteiger partial charge in [0.25, 0.3) is 0 Å². The van der Waals surface area contributed by atoms with Gasteiger partial charge in [0.2, 0.25) is 17.8 Å². The number of methoxy groups -OCH3 is 3. The minimum absolute atomic E-state index is 0.00927. The third kappa shape index (κ3) is 5.56. The molecule has 0 radical (unpaired) electrons. The predicted molar refractivity (Wildman–Crippen MR) is 120 cm³/mol. The highest BCUT2D eigenvalue weighted by atomic mass is 16.7. The summed E-state index contributed by atoms with van der Waals surface area (Å²) in [5.41, 5.74) is -0.534. The van der Waals surface area contributed by atoms with Crippen LogP contribution in [0.15, 0.2) is 24.3 Å². The van der Waals surface area contributed by atoms with Gasteiger partial charge in [-0.05, 0) is 18.2 Å². The number of aromatic hydroxyl groups is 2. The van der Waals surface area contributed by atoms with Crippen LogP contribution in [0.25, 0.3) is 0 Å². The smallest absolute Gasteiger partial charge is 0.342 e. The number of benzene rings is 2. The molecule has 2 aromatic carbocycles. The Hall–Kier alpha value is -3.98. The third-order valence-corrected chi connectivity index (χ3v) is 5.54. The number of phenols is 2. The number of carboxylic acid groups (broad SMARTS) is 1. The van der Waals surface area contributed by atoms with E-state index in [9.17, 15) is 35.1 Å². The monoisotopic (exact) mass is 526 g/mol. The molecule has 1 aliphatic rings. The second-order valence-corrected chi connectivity index (χ2v) is 7.76. The molecule has 2 aromatic rings. The van der Waals surface area contributed by atoms with Crippen LogP contribution < -0.4 is 18.9 Å². The molecule has 0 aliphatic carbocycles. The summed E-state index contributed by atoms with van der Waals surface area (Å²) in [6.45, 7) is -0.663. The minimum Gasteiger partial charge on any atom is -0.504 e. The second-order valence-electron chi connectivity index (χ2n) is 7.76. The van der Waals surface area contributed by atoms with Gasteiger partial charge < -0.3 is 59.1 Å². The Morgan fingerprint density at radius 2 is 1.54 bits per heavy atom. The molecule has 0 amide bonds. The summed E-state index contributed by atoms with van der Waals surface area (Å²) >= 11 is 0. The number of rotatable bonds is 9. The molecule has 14 heteroatoms. The first-order valence-electron chi connectivity index (χ1n) is 10.7. The van der Waals surface area contributed by atoms with Gasteiger partial charge in [0.1, 0.15) is 36.6 Å². The number of phenolic OH excluding ortho intramolecular Hbond substituents is 2. The van der Waals surface area contributed by atoms with Gasteiger partial charge in [-0.15, -0.1) is 0 Å². The average molecular weight is 526 g/mol. The first kappa shape index (κ1) is 27.6. The normalized spacial score (nSPS) is 23.1. The van der Waals surface area contributed by atoms with Gasteiger partial charge in [-0.2, -0.15) is 0 Å². The molecule has 202 valence electrons. The van der Waals surface area contributed by atoms with Gasteiger partial charge in [0.05, 0.1) is 26.9 Å². The zero-order valence-electron chi connectivity index (χ0n) is 19.9. The summed E-state index contributed by atoms with van der Waals surface area (Å²) in [7, 11) is 3.62. The molecule has 1 saturated heterocycles. The molecule has 1 heterocycles. The molecule has 0 saturated carbocycles. The van der Waals surface area contributed by atoms with Crippen molar-refractivity contribution in [1.29, 1.82) is 0 Å². The van der Waals surface area contributed by atoms with Crippen molar-refractivity contribution >= 4 is 11.9 Å². The molecule has 3 rings (SSSR count). The SMILES string of the molecule is COc1cc(C(=O)O)ccc1O[C@H]1O[C@H](COC(=O)c2cc(OC)c(O)c(OC)c2O)[C@@H](O)[C@H](O)[C@H]1O. The lowest BCUT2D eigenvalue weighted by molar-refractivity contribution is -0.277. The molecule has 1 fully saturated rings. The average Bonchev–Trinajstić information content (AvgIpc) is 2.88. The van der Waals surface area contributed by atoms with E-state index in [-0.39, 0.29) is 22.8 Å². The maximum absolute atomic E-state index is 12.6. The lowest BCUT2D eigenvalue weighted by Crippen LogP contribution is -2.60. The molecule has 0 spiro atoms. The van der Waals surface area contributed by atoms with Crippen LogP contribution in [0.2, 0.25) is 0 Å². The van der Waals surface area contributed by atoms with Crippen LogP contribution in [0, 0.1) is 0 Å². The summed E-state index contributed by atoms with van der Waals surface area (Å²) < 4.78 is 31.1. The Balaban J connectivity index is 1.77. The van der Waals surface area contributed by atoms with Crippen molar-refractivity contribution in [2.75, 3.05) is 27.9 Å². The highest BCUT2D eigenvalue weighted by Gasteiger charge is 2.46. The Morgan fingerprint density at radius 3 is 2.14 bits per heavy atom. The number of hydrogen-bond acceptors (Lipinski definition) is 13. The molecule has 1 aliphatic heterocycles. The van der Waals surface area contributed by atoms with E-state index in [1.807, 2.05) is 0 Å². The molecule has 5 atom stereocenters. The lowest BCUT2D eigenvalue weighted by Gasteiger charge is -2.40. The predicted octanol–water partition coefficient (Wildman–Crippen LogP) is -0.135. The van der Waals surface area contributed by atoms with Gasteiger partial charge >= 0.3 is 11.9 Å². The van der Waals surface area contributed by atoms with Crippen LogP contribution in [0.1, 0.15) is 20.7 Å². The van der Waals surface area contributed by atoms with E-state index in [0.717, 1.165) is 13.2 Å². The Kier molecular flexibility index (Phi) is 8.49. The highest BCUT2D eigenvalue weighted by Crippen LogP contribution is 2.45. The van der Waals surface area contributed by atoms with E-state index in [2.05, 4.69) is 0 Å². The minimum atomic E-state index is -1.78. The third-order valence-electron chi connectivity index (χ3n) is 5.54. The van der Waals surface area contributed by atoms with Crippen molar-refractivity contribution < 1.29 is 68.6 Å². The highest BCUT2D eigenvalue weighted by molar-refractivity contribution is 5.95. The molecule has 14 nitrogen and oxygen atoms in total. The van der Waals surface area contributed by atoms with Crippen LogP contribution in [-0.4, -0.2) is 101 Å². The van der Waals surface area contributed by atoms with Gasteiger partial charge in [0.15, 0.2) is 23.0 Å². The summed E-state index contributed by atoms with van der Waals surface area (Å²) in [4.78, 5) is 23.8. The summed E-state index contributed by atoms with van der Waals surface area (Å²) in [6, 6.07) is 4.64. The van der Waals surface area contributed by atoms with E-state index >= 15 is 0 Å². The fraction of sp³-hybridized carbons (Fsp3) is 0.391. The number of ether oxygens (including phenoxy) is 6. The first-order valence-corrected chi connectivity index (χ1v) is 10.7. The fourth-order valence-electron chi connectivity index (χ4n) is 3.53. The van der Waals surface area contributed by atoms with Crippen LogP contribution in [0.4, 0.5) is 0 Å². The number of carbonyl (C=O) groups excluding carboxylic acids is 1. The number of aliphatic hydroxyl groups is 3. The van der Waals surface area contributed by atoms with Crippen molar-refractivity contribution in [3.05, 3.63) is 35.4 Å². The summed E-state index contributed by atoms with van der Waals surface area (Å²) in [5.74, 6) is -4.28. The van der Waals surface area contributed by atoms with Gasteiger partial charge in [-0.25, -0.2) is 9.59 Å². The lowest BCUT2D eigenvalue weighted by atomic mass is 9.99. The van der Waals surface area contributed by atoms with Gasteiger partial charge in [0, 0.05) is 6.07 Å². The van der Waals surface area contributed by atoms with Crippen LogP contribution in [0.5, 0.6) is 34.5 Å². The number of aromatic carboxylic acids is 1. The van der Waals surface area contributed by atoms with Crippen LogP contribution in [-0.2, 0) is 9.47 Å². The second kappa shape index (κ2) is 11.4. The van der Waals surface area contributed by atoms with Crippen LogP contribution >= 0.6 is 0 Å². The Morgan fingerprint density at radius 1 is 0.865 bits per heavy atom. The van der Waals surface area contributed by atoms with Crippen molar-refractivity contribution in [3.8, 4) is 34.5 Å². The Labute approximate surface area is 209 Å². The molecule has 0 aromatic heterocycles. The van der Waals surface area contributed by atoms with Crippen molar-refractivity contribution in [2.24, 2.45) is 0 Å². The molecule has 6 N–H and O–H groups in total. The summed E-state index contributed by atoms with van der Waals surface area (Å²) in [6.07, 6.45) is -8.24. The molecule has 0 bridgehead atoms. The number of aliphatic hydroxyl groups excluding tert-OH is 3. The van der Waals surface area contributed by atoms with Crippen LogP contribution in [0.3, 0.4) is 0 Å². The number of esters is 1. The standard InChI is InChI=1S/C23H26O14/c1-32-12-6-9(21(29)30)4-5-11(12)36-23-19(28)18(27)16(25)14(37-23)8-35-22(31)10-7-13(33-2)17(26)20(34-3)15(10)24/h4-7,14,16,18-19,23-28H,8H2,1-3H3,(H,29,30)/t14-,16-,18+,19-,23+/m1/s1. The number of carbonyl (C=O) groups is 2. The van der Waals surface area contributed by atoms with E-state index < -0.39 is 72.1 Å². The first-order chi connectivity index (χ1) is 17.5. The molecule has 0 unspecified atom stereocenters. The topological polar surface area (TPSA) is 211 Å². The number of carboxylic acids is 1. The summed E-state index contributed by atoms with van der Waals surface area (Å²) in [5, 5.41) is 60.4. The molecule has 37 heavy (non-hydrogen) atoms. The maximum Gasteiger partial charge on any atom is 0.342 e.